The second-order valence-corrected chi connectivity index (χ2v) is 8.28. The second-order valence-electron chi connectivity index (χ2n) is 6.63. The zero-order valence-electron chi connectivity index (χ0n) is 15.6. The number of pyridine rings is 1. The van der Waals surface area contributed by atoms with Crippen LogP contribution in [0.1, 0.15) is 12.5 Å². The third-order valence-corrected chi connectivity index (χ3v) is 6.22. The smallest absolute Gasteiger partial charge is 0.321 e. The molecule has 150 valence electrons. The van der Waals surface area contributed by atoms with Gasteiger partial charge in [-0.05, 0) is 55.3 Å². The van der Waals surface area contributed by atoms with Crippen LogP contribution in [-0.2, 0) is 16.4 Å². The number of halogens is 1. The number of nitrogens with zero attached hydrogens (tertiary/aromatic N) is 2. The van der Waals surface area contributed by atoms with Crippen LogP contribution in [0, 0.1) is 5.82 Å². The van der Waals surface area contributed by atoms with Crippen molar-refractivity contribution in [2.45, 2.75) is 18.2 Å². The molecule has 0 saturated carbocycles. The van der Waals surface area contributed by atoms with Gasteiger partial charge in [0.05, 0.1) is 16.3 Å². The van der Waals surface area contributed by atoms with Gasteiger partial charge >= 0.3 is 6.03 Å². The minimum atomic E-state index is -4.00. The Hall–Kier alpha value is -3.20. The number of benzene rings is 2. The number of hydrogen-bond acceptors (Lipinski definition) is 4. The Morgan fingerprint density at radius 1 is 1.24 bits per heavy atom. The number of sulfonamides is 1. The average molecular weight is 414 g/mol. The predicted octanol–water partition coefficient (Wildman–Crippen LogP) is 3.27. The molecule has 0 aliphatic carbocycles. The molecule has 2 aromatic carbocycles. The standard InChI is InChI=1S/C20H19FN4O3S/c1-2-22-20(26)25-11-9-13-5-6-14(12-17(13)25)24-29(27,28)18-8-7-16(21)19-15(18)4-3-10-23-19/h3-8,10,12,24H,2,9,11H2,1H3,(H,22,26). The van der Waals surface area contributed by atoms with Crippen molar-refractivity contribution in [3.05, 3.63) is 60.0 Å². The average Bonchev–Trinajstić information content (AvgIpc) is 3.11. The molecule has 0 saturated heterocycles. The van der Waals surface area contributed by atoms with Gasteiger partial charge in [-0.2, -0.15) is 0 Å². The highest BCUT2D eigenvalue weighted by molar-refractivity contribution is 7.93. The first-order chi connectivity index (χ1) is 13.9. The maximum absolute atomic E-state index is 14.0. The highest BCUT2D eigenvalue weighted by Gasteiger charge is 2.26. The lowest BCUT2D eigenvalue weighted by Crippen LogP contribution is -2.38. The summed E-state index contributed by atoms with van der Waals surface area (Å²) in [6, 6.07) is 10.2. The number of carbonyl (C=O) groups is 1. The summed E-state index contributed by atoms with van der Waals surface area (Å²) in [5.41, 5.74) is 1.95. The van der Waals surface area contributed by atoms with Gasteiger partial charge in [0.2, 0.25) is 0 Å². The van der Waals surface area contributed by atoms with Crippen LogP contribution in [-0.4, -0.2) is 32.5 Å². The Morgan fingerprint density at radius 3 is 2.86 bits per heavy atom. The molecule has 7 nitrogen and oxygen atoms in total. The highest BCUT2D eigenvalue weighted by Crippen LogP contribution is 2.32. The fourth-order valence-corrected chi connectivity index (χ4v) is 4.71. The first-order valence-corrected chi connectivity index (χ1v) is 10.6. The summed E-state index contributed by atoms with van der Waals surface area (Å²) in [5.74, 6) is -0.588. The predicted molar refractivity (Wildman–Crippen MR) is 109 cm³/mol. The van der Waals surface area contributed by atoms with E-state index in [-0.39, 0.29) is 21.8 Å². The van der Waals surface area contributed by atoms with E-state index in [2.05, 4.69) is 15.0 Å². The molecule has 0 atom stereocenters. The SMILES string of the molecule is CCNC(=O)N1CCc2ccc(NS(=O)(=O)c3ccc(F)c4ncccc34)cc21. The normalized spacial score (nSPS) is 13.4. The minimum Gasteiger partial charge on any atom is -0.338 e. The van der Waals surface area contributed by atoms with Crippen LogP contribution in [0.4, 0.5) is 20.6 Å². The van der Waals surface area contributed by atoms with E-state index in [1.54, 1.807) is 29.2 Å². The number of amides is 2. The van der Waals surface area contributed by atoms with Crippen molar-refractivity contribution in [3.63, 3.8) is 0 Å². The van der Waals surface area contributed by atoms with Gasteiger partial charge in [-0.1, -0.05) is 6.07 Å². The summed E-state index contributed by atoms with van der Waals surface area (Å²) in [6.45, 7) is 2.87. The van der Waals surface area contributed by atoms with Crippen LogP contribution in [0.3, 0.4) is 0 Å². The number of hydrogen-bond donors (Lipinski definition) is 2. The summed E-state index contributed by atoms with van der Waals surface area (Å²) < 4.78 is 42.5. The van der Waals surface area contributed by atoms with Crippen molar-refractivity contribution < 1.29 is 17.6 Å². The lowest BCUT2D eigenvalue weighted by molar-refractivity contribution is 0.247. The number of aromatic nitrogens is 1. The fourth-order valence-electron chi connectivity index (χ4n) is 3.46. The van der Waals surface area contributed by atoms with Crippen LogP contribution in [0.5, 0.6) is 0 Å². The molecule has 0 spiro atoms. The molecule has 0 fully saturated rings. The quantitative estimate of drug-likeness (QED) is 0.686. The van der Waals surface area contributed by atoms with Crippen molar-refractivity contribution in [3.8, 4) is 0 Å². The number of urea groups is 1. The second kappa shape index (κ2) is 7.32. The molecule has 2 heterocycles. The van der Waals surface area contributed by atoms with E-state index in [4.69, 9.17) is 0 Å². The van der Waals surface area contributed by atoms with Crippen molar-refractivity contribution in [2.75, 3.05) is 22.7 Å². The van der Waals surface area contributed by atoms with Gasteiger partial charge < -0.3 is 5.32 Å². The van der Waals surface area contributed by atoms with Gasteiger partial charge in [0.15, 0.2) is 0 Å². The molecule has 29 heavy (non-hydrogen) atoms. The van der Waals surface area contributed by atoms with E-state index in [9.17, 15) is 17.6 Å². The molecular weight excluding hydrogens is 395 g/mol. The van der Waals surface area contributed by atoms with Crippen molar-refractivity contribution in [1.82, 2.24) is 10.3 Å². The summed E-state index contributed by atoms with van der Waals surface area (Å²) in [7, 11) is -4.00. The van der Waals surface area contributed by atoms with E-state index in [1.807, 2.05) is 6.92 Å². The molecule has 0 unspecified atom stereocenters. The van der Waals surface area contributed by atoms with Crippen LogP contribution in [0.2, 0.25) is 0 Å². The van der Waals surface area contributed by atoms with E-state index < -0.39 is 15.8 Å². The third kappa shape index (κ3) is 3.49. The molecule has 4 rings (SSSR count). The molecule has 1 aliphatic heterocycles. The molecule has 9 heteroatoms. The monoisotopic (exact) mass is 414 g/mol. The van der Waals surface area contributed by atoms with Crippen molar-refractivity contribution >= 4 is 38.3 Å². The summed E-state index contributed by atoms with van der Waals surface area (Å²) in [6.07, 6.45) is 2.11. The maximum Gasteiger partial charge on any atom is 0.321 e. The molecule has 1 aliphatic rings. The largest absolute Gasteiger partial charge is 0.338 e. The number of rotatable bonds is 4. The Kier molecular flexibility index (Phi) is 4.83. The molecule has 0 bridgehead atoms. The molecule has 1 aromatic heterocycles. The van der Waals surface area contributed by atoms with Crippen molar-refractivity contribution in [2.24, 2.45) is 0 Å². The van der Waals surface area contributed by atoms with E-state index in [1.165, 1.54) is 18.3 Å². The lowest BCUT2D eigenvalue weighted by Gasteiger charge is -2.18. The van der Waals surface area contributed by atoms with Crippen LogP contribution in [0.15, 0.2) is 53.6 Å². The minimum absolute atomic E-state index is 0.00765. The summed E-state index contributed by atoms with van der Waals surface area (Å²) in [4.78, 5) is 17.7. The highest BCUT2D eigenvalue weighted by atomic mass is 32.2. The molecule has 2 N–H and O–H groups in total. The number of fused-ring (bicyclic) bond motifs is 2. The van der Waals surface area contributed by atoms with Gasteiger partial charge in [0.25, 0.3) is 10.0 Å². The van der Waals surface area contributed by atoms with Gasteiger partial charge in [-0.25, -0.2) is 17.6 Å². The zero-order valence-corrected chi connectivity index (χ0v) is 16.5. The molecular formula is C20H19FN4O3S. The maximum atomic E-state index is 14.0. The van der Waals surface area contributed by atoms with Gasteiger partial charge in [0.1, 0.15) is 11.3 Å². The van der Waals surface area contributed by atoms with E-state index in [0.717, 1.165) is 11.6 Å². The van der Waals surface area contributed by atoms with Crippen LogP contribution < -0.4 is 14.9 Å². The lowest BCUT2D eigenvalue weighted by atomic mass is 10.1. The van der Waals surface area contributed by atoms with Gasteiger partial charge in [0, 0.05) is 24.7 Å². The van der Waals surface area contributed by atoms with Crippen molar-refractivity contribution in [1.29, 1.82) is 0 Å². The Balaban J connectivity index is 1.69. The number of nitrogens with one attached hydrogen (secondary N) is 2. The Bertz CT molecular complexity index is 1210. The zero-order chi connectivity index (χ0) is 20.6. The van der Waals surface area contributed by atoms with E-state index >= 15 is 0 Å². The molecule has 0 radical (unpaired) electrons. The number of anilines is 2. The Labute approximate surface area is 167 Å². The molecule has 3 aromatic rings. The van der Waals surface area contributed by atoms with Gasteiger partial charge in [-0.3, -0.25) is 14.6 Å². The van der Waals surface area contributed by atoms with Crippen LogP contribution in [0.25, 0.3) is 10.9 Å². The summed E-state index contributed by atoms with van der Waals surface area (Å²) >= 11 is 0. The summed E-state index contributed by atoms with van der Waals surface area (Å²) in [5, 5.41) is 2.95. The first kappa shape index (κ1) is 19.1. The first-order valence-electron chi connectivity index (χ1n) is 9.15. The Morgan fingerprint density at radius 2 is 2.07 bits per heavy atom. The number of carbonyl (C=O) groups excluding carboxylic acids is 1. The van der Waals surface area contributed by atoms with E-state index in [0.29, 0.717) is 30.9 Å². The fraction of sp³-hybridized carbons (Fsp3) is 0.200. The molecule has 2 amide bonds. The third-order valence-electron chi connectivity index (χ3n) is 4.78. The topological polar surface area (TPSA) is 91.4 Å². The van der Waals surface area contributed by atoms with Crippen LogP contribution >= 0.6 is 0 Å². The van der Waals surface area contributed by atoms with Gasteiger partial charge in [-0.15, -0.1) is 0 Å².